The van der Waals surface area contributed by atoms with Crippen molar-refractivity contribution < 1.29 is 14.3 Å². The number of methoxy groups -OCH3 is 1. The summed E-state index contributed by atoms with van der Waals surface area (Å²) in [5.41, 5.74) is 2.27. The minimum Gasteiger partial charge on any atom is -0.479 e. The molecular formula is C18H16N2O3. The molecule has 0 aliphatic rings. The van der Waals surface area contributed by atoms with Crippen LogP contribution in [0.5, 0.6) is 5.75 Å². The molecule has 1 atom stereocenters. The summed E-state index contributed by atoms with van der Waals surface area (Å²) in [6, 6.07) is 12.8. The average molecular weight is 308 g/mol. The Balaban J connectivity index is 2.00. The summed E-state index contributed by atoms with van der Waals surface area (Å²) in [6.45, 7) is 1.64. The normalized spacial score (nSPS) is 11.7. The van der Waals surface area contributed by atoms with Crippen molar-refractivity contribution in [3.05, 3.63) is 59.4 Å². The minimum absolute atomic E-state index is 0.416. The predicted molar refractivity (Wildman–Crippen MR) is 86.4 cm³/mol. The Bertz CT molecular complexity index is 728. The summed E-state index contributed by atoms with van der Waals surface area (Å²) in [5.74, 6) is 0.178. The van der Waals surface area contributed by atoms with Gasteiger partial charge in [0.25, 0.3) is 0 Å². The third kappa shape index (κ3) is 4.68. The number of rotatable bonds is 5. The maximum atomic E-state index is 11.3. The molecule has 0 fully saturated rings. The van der Waals surface area contributed by atoms with E-state index < -0.39 is 12.1 Å². The van der Waals surface area contributed by atoms with Gasteiger partial charge in [-0.15, -0.1) is 0 Å². The topological polar surface area (TPSA) is 72.2 Å². The molecule has 0 bridgehead atoms. The lowest BCUT2D eigenvalue weighted by molar-refractivity contribution is -0.147. The second-order valence-corrected chi connectivity index (χ2v) is 4.77. The van der Waals surface area contributed by atoms with Crippen LogP contribution >= 0.6 is 0 Å². The summed E-state index contributed by atoms with van der Waals surface area (Å²) >= 11 is 0. The molecule has 1 heterocycles. The molecule has 23 heavy (non-hydrogen) atoms. The number of pyridine rings is 1. The molecule has 0 saturated carbocycles. The summed E-state index contributed by atoms with van der Waals surface area (Å²) in [7, 11) is 1.33. The maximum Gasteiger partial charge on any atom is 0.346 e. The van der Waals surface area contributed by atoms with E-state index >= 15 is 0 Å². The highest BCUT2D eigenvalue weighted by atomic mass is 16.6. The van der Waals surface area contributed by atoms with Crippen molar-refractivity contribution in [2.75, 3.05) is 7.11 Å². The van der Waals surface area contributed by atoms with Gasteiger partial charge in [0, 0.05) is 6.20 Å². The van der Waals surface area contributed by atoms with Crippen LogP contribution in [0.25, 0.3) is 12.2 Å². The first-order chi connectivity index (χ1) is 11.1. The van der Waals surface area contributed by atoms with Crippen LogP contribution in [0.1, 0.15) is 23.7 Å². The SMILES string of the molecule is COC(=O)C(C)Oc1ccc(C=Cc2ccc(C#N)cn2)cc1. The zero-order valence-electron chi connectivity index (χ0n) is 12.9. The van der Waals surface area contributed by atoms with Crippen molar-refractivity contribution in [2.24, 2.45) is 0 Å². The van der Waals surface area contributed by atoms with E-state index in [-0.39, 0.29) is 0 Å². The number of nitriles is 1. The fourth-order valence-electron chi connectivity index (χ4n) is 1.83. The van der Waals surface area contributed by atoms with E-state index in [9.17, 15) is 4.79 Å². The highest BCUT2D eigenvalue weighted by molar-refractivity contribution is 5.74. The van der Waals surface area contributed by atoms with Crippen molar-refractivity contribution in [3.63, 3.8) is 0 Å². The Hall–Kier alpha value is -3.13. The summed E-state index contributed by atoms with van der Waals surface area (Å²) in [6.07, 6.45) is 4.64. The smallest absolute Gasteiger partial charge is 0.346 e. The van der Waals surface area contributed by atoms with E-state index in [4.69, 9.17) is 10.00 Å². The first-order valence-corrected chi connectivity index (χ1v) is 7.01. The van der Waals surface area contributed by atoms with Gasteiger partial charge in [-0.25, -0.2) is 4.79 Å². The number of nitrogens with zero attached hydrogens (tertiary/aromatic N) is 2. The van der Waals surface area contributed by atoms with Crippen LogP contribution in [0.2, 0.25) is 0 Å². The van der Waals surface area contributed by atoms with Gasteiger partial charge >= 0.3 is 5.97 Å². The quantitative estimate of drug-likeness (QED) is 0.794. The number of hydrogen-bond acceptors (Lipinski definition) is 5. The molecule has 0 amide bonds. The molecule has 1 unspecified atom stereocenters. The number of ether oxygens (including phenoxy) is 2. The van der Waals surface area contributed by atoms with Crippen LogP contribution in [0, 0.1) is 11.3 Å². The summed E-state index contributed by atoms with van der Waals surface area (Å²) in [4.78, 5) is 15.5. The van der Waals surface area contributed by atoms with E-state index in [0.29, 0.717) is 11.3 Å². The van der Waals surface area contributed by atoms with Crippen LogP contribution in [-0.4, -0.2) is 24.2 Å². The second-order valence-electron chi connectivity index (χ2n) is 4.77. The molecule has 0 saturated heterocycles. The van der Waals surface area contributed by atoms with Crippen LogP contribution < -0.4 is 4.74 Å². The zero-order chi connectivity index (χ0) is 16.7. The van der Waals surface area contributed by atoms with Crippen molar-refractivity contribution in [1.29, 1.82) is 5.26 Å². The number of benzene rings is 1. The van der Waals surface area contributed by atoms with E-state index in [1.54, 1.807) is 31.2 Å². The van der Waals surface area contributed by atoms with Crippen molar-refractivity contribution >= 4 is 18.1 Å². The Morgan fingerprint density at radius 2 is 1.96 bits per heavy atom. The van der Waals surface area contributed by atoms with E-state index in [2.05, 4.69) is 9.72 Å². The van der Waals surface area contributed by atoms with Crippen LogP contribution in [0.4, 0.5) is 0 Å². The monoisotopic (exact) mass is 308 g/mol. The van der Waals surface area contributed by atoms with Gasteiger partial charge in [0.2, 0.25) is 0 Å². The molecule has 5 nitrogen and oxygen atoms in total. The van der Waals surface area contributed by atoms with Gasteiger partial charge in [0.1, 0.15) is 11.8 Å². The van der Waals surface area contributed by atoms with Gasteiger partial charge < -0.3 is 9.47 Å². The standard InChI is InChI=1S/C18H16N2O3/c1-13(18(21)22-2)23-17-9-5-14(6-10-17)3-7-16-8-4-15(11-19)12-20-16/h3-10,12-13H,1-2H3. The molecule has 0 N–H and O–H groups in total. The Labute approximate surface area is 134 Å². The highest BCUT2D eigenvalue weighted by Crippen LogP contribution is 2.16. The molecule has 1 aromatic heterocycles. The van der Waals surface area contributed by atoms with Gasteiger partial charge in [-0.1, -0.05) is 18.2 Å². The maximum absolute atomic E-state index is 11.3. The van der Waals surface area contributed by atoms with E-state index in [1.165, 1.54) is 13.3 Å². The molecular weight excluding hydrogens is 292 g/mol. The number of hydrogen-bond donors (Lipinski definition) is 0. The zero-order valence-corrected chi connectivity index (χ0v) is 12.9. The lowest BCUT2D eigenvalue weighted by Crippen LogP contribution is -2.24. The molecule has 2 rings (SSSR count). The largest absolute Gasteiger partial charge is 0.479 e. The van der Waals surface area contributed by atoms with Gasteiger partial charge in [0.05, 0.1) is 18.4 Å². The molecule has 0 aliphatic carbocycles. The molecule has 116 valence electrons. The Morgan fingerprint density at radius 3 is 2.52 bits per heavy atom. The lowest BCUT2D eigenvalue weighted by atomic mass is 10.2. The van der Waals surface area contributed by atoms with Crippen molar-refractivity contribution in [2.45, 2.75) is 13.0 Å². The van der Waals surface area contributed by atoms with E-state index in [0.717, 1.165) is 11.3 Å². The molecule has 0 radical (unpaired) electrons. The van der Waals surface area contributed by atoms with Crippen LogP contribution in [0.3, 0.4) is 0 Å². The van der Waals surface area contributed by atoms with Gasteiger partial charge in [0.15, 0.2) is 6.10 Å². The van der Waals surface area contributed by atoms with Crippen molar-refractivity contribution in [1.82, 2.24) is 4.98 Å². The Kier molecular flexibility index (Phi) is 5.48. The molecule has 2 aromatic rings. The third-order valence-corrected chi connectivity index (χ3v) is 3.09. The average Bonchev–Trinajstić information content (AvgIpc) is 2.60. The van der Waals surface area contributed by atoms with Crippen molar-refractivity contribution in [3.8, 4) is 11.8 Å². The number of carbonyl (C=O) groups is 1. The number of carbonyl (C=O) groups excluding carboxylic acids is 1. The van der Waals surface area contributed by atoms with Gasteiger partial charge in [-0.2, -0.15) is 5.26 Å². The Morgan fingerprint density at radius 1 is 1.22 bits per heavy atom. The number of aromatic nitrogens is 1. The fourth-order valence-corrected chi connectivity index (χ4v) is 1.83. The third-order valence-electron chi connectivity index (χ3n) is 3.09. The molecule has 1 aromatic carbocycles. The van der Waals surface area contributed by atoms with Gasteiger partial charge in [-0.05, 0) is 42.8 Å². The molecule has 5 heteroatoms. The van der Waals surface area contributed by atoms with Gasteiger partial charge in [-0.3, -0.25) is 4.98 Å². The number of esters is 1. The fraction of sp³-hybridized carbons (Fsp3) is 0.167. The predicted octanol–water partition coefficient (Wildman–Crippen LogP) is 3.06. The minimum atomic E-state index is -0.649. The van der Waals surface area contributed by atoms with E-state index in [1.807, 2.05) is 30.4 Å². The van der Waals surface area contributed by atoms with Crippen LogP contribution in [-0.2, 0) is 9.53 Å². The highest BCUT2D eigenvalue weighted by Gasteiger charge is 2.14. The molecule has 0 aliphatic heterocycles. The summed E-state index contributed by atoms with van der Waals surface area (Å²) in [5, 5.41) is 8.73. The summed E-state index contributed by atoms with van der Waals surface area (Å²) < 4.78 is 10.1. The first-order valence-electron chi connectivity index (χ1n) is 7.01. The first kappa shape index (κ1) is 16.2. The lowest BCUT2D eigenvalue weighted by Gasteiger charge is -2.12. The van der Waals surface area contributed by atoms with Crippen LogP contribution in [0.15, 0.2) is 42.6 Å². The second kappa shape index (κ2) is 7.76. The molecule has 0 spiro atoms.